The molecule has 0 bridgehead atoms. The minimum Gasteiger partial charge on any atom is -0.309 e. The third kappa shape index (κ3) is 5.24. The summed E-state index contributed by atoms with van der Waals surface area (Å²) in [4.78, 5) is 0. The standard InChI is InChI=1S/C66H41N5/c1-2-18-42(19-3-1)67-53-26-10-6-24-49(53)51-38-36-44(41-64(51)67)69-60-32-16-34-62-65(60)66-61(69)33-17-35-63(66)71(62)57-30-14-8-23-48(57)47-22-7-13-29-56(47)70-58-31-15-9-25-50(58)52-40-43(37-39-59(52)70)68-54-27-11-4-20-45(54)46-21-5-12-28-55(46)68/h1-41H. The van der Waals surface area contributed by atoms with Gasteiger partial charge in [0.1, 0.15) is 0 Å². The van der Waals surface area contributed by atoms with Crippen LogP contribution in [0.15, 0.2) is 249 Å². The molecule has 0 fully saturated rings. The van der Waals surface area contributed by atoms with Gasteiger partial charge in [-0.3, -0.25) is 0 Å². The van der Waals surface area contributed by atoms with E-state index in [0.717, 1.165) is 28.4 Å². The summed E-state index contributed by atoms with van der Waals surface area (Å²) in [6.45, 7) is 0. The van der Waals surface area contributed by atoms with Gasteiger partial charge in [-0.05, 0) is 103 Å². The Kier molecular flexibility index (Phi) is 7.82. The summed E-state index contributed by atoms with van der Waals surface area (Å²) in [5.74, 6) is 0. The molecule has 0 saturated heterocycles. The molecule has 0 atom stereocenters. The zero-order valence-electron chi connectivity index (χ0n) is 38.4. The van der Waals surface area contributed by atoms with Gasteiger partial charge >= 0.3 is 0 Å². The zero-order chi connectivity index (χ0) is 46.3. The smallest absolute Gasteiger partial charge is 0.0563 e. The summed E-state index contributed by atoms with van der Waals surface area (Å²) < 4.78 is 12.3. The highest BCUT2D eigenvalue weighted by molar-refractivity contribution is 6.26. The maximum Gasteiger partial charge on any atom is 0.0563 e. The third-order valence-electron chi connectivity index (χ3n) is 15.3. The normalized spacial score (nSPS) is 12.2. The SMILES string of the molecule is c1ccc(-n2c3ccccc3c3ccc(-n4c5cccc6c5c5c4cccc5n6-c4ccccc4-c4ccccc4-n4c5ccccc5c5cc(-n6c7ccccc7c7ccccc76)ccc54)cc32)cc1. The molecule has 0 spiro atoms. The van der Waals surface area contributed by atoms with Crippen molar-refractivity contribution in [3.8, 4) is 39.6 Å². The highest BCUT2D eigenvalue weighted by Crippen LogP contribution is 2.46. The van der Waals surface area contributed by atoms with Crippen LogP contribution in [0.1, 0.15) is 0 Å². The highest BCUT2D eigenvalue weighted by atomic mass is 15.1. The van der Waals surface area contributed by atoms with Crippen molar-refractivity contribution in [2.45, 2.75) is 0 Å². The van der Waals surface area contributed by atoms with Gasteiger partial charge in [0.2, 0.25) is 0 Å². The van der Waals surface area contributed by atoms with E-state index in [9.17, 15) is 0 Å². The van der Waals surface area contributed by atoms with Gasteiger partial charge in [-0.15, -0.1) is 0 Å². The fraction of sp³-hybridized carbons (Fsp3) is 0. The number of fused-ring (bicyclic) bond motifs is 9. The van der Waals surface area contributed by atoms with E-state index >= 15 is 0 Å². The van der Waals surface area contributed by atoms with E-state index in [1.807, 2.05) is 0 Å². The predicted octanol–water partition coefficient (Wildman–Crippen LogP) is 17.1. The van der Waals surface area contributed by atoms with Crippen molar-refractivity contribution in [1.29, 1.82) is 0 Å². The second kappa shape index (κ2) is 14.5. The quantitative estimate of drug-likeness (QED) is 0.159. The number of nitrogens with zero attached hydrogens (tertiary/aromatic N) is 5. The summed E-state index contributed by atoms with van der Waals surface area (Å²) in [5, 5.41) is 10.0. The molecular weight excluding hydrogens is 863 g/mol. The summed E-state index contributed by atoms with van der Waals surface area (Å²) in [5.41, 5.74) is 20.0. The number of hydrogen-bond donors (Lipinski definition) is 0. The van der Waals surface area contributed by atoms with Crippen molar-refractivity contribution in [2.75, 3.05) is 0 Å². The Morgan fingerprint density at radius 2 is 0.535 bits per heavy atom. The van der Waals surface area contributed by atoms with Crippen molar-refractivity contribution in [1.82, 2.24) is 22.8 Å². The molecule has 5 heteroatoms. The molecular formula is C66H41N5. The molecule has 5 heterocycles. The molecule has 16 aromatic rings. The molecule has 5 aromatic heterocycles. The van der Waals surface area contributed by atoms with Crippen LogP contribution in [0.5, 0.6) is 0 Å². The van der Waals surface area contributed by atoms with Gasteiger partial charge in [-0.2, -0.15) is 0 Å². The van der Waals surface area contributed by atoms with Crippen molar-refractivity contribution in [3.05, 3.63) is 249 Å². The van der Waals surface area contributed by atoms with Gasteiger partial charge in [0.15, 0.2) is 0 Å². The van der Waals surface area contributed by atoms with E-state index in [2.05, 4.69) is 272 Å². The van der Waals surface area contributed by atoms with Crippen LogP contribution in [-0.2, 0) is 0 Å². The Hall–Kier alpha value is -9.58. The number of para-hydroxylation sites is 7. The van der Waals surface area contributed by atoms with Crippen molar-refractivity contribution >= 4 is 98.3 Å². The summed E-state index contributed by atoms with van der Waals surface area (Å²) >= 11 is 0. The molecule has 0 unspecified atom stereocenters. The number of benzene rings is 11. The Morgan fingerprint density at radius 1 is 0.183 bits per heavy atom. The first kappa shape index (κ1) is 38.4. The first-order valence-corrected chi connectivity index (χ1v) is 24.4. The van der Waals surface area contributed by atoms with Gasteiger partial charge in [0, 0.05) is 71.3 Å². The monoisotopic (exact) mass is 903 g/mol. The molecule has 16 rings (SSSR count). The van der Waals surface area contributed by atoms with Crippen LogP contribution in [0, 0.1) is 0 Å². The zero-order valence-corrected chi connectivity index (χ0v) is 38.4. The molecule has 0 aliphatic heterocycles. The predicted molar refractivity (Wildman–Crippen MR) is 297 cm³/mol. The molecule has 0 saturated carbocycles. The Morgan fingerprint density at radius 3 is 1.10 bits per heavy atom. The Bertz CT molecular complexity index is 4700. The third-order valence-corrected chi connectivity index (χ3v) is 15.3. The maximum absolute atomic E-state index is 2.50. The molecule has 71 heavy (non-hydrogen) atoms. The average Bonchev–Trinajstić information content (AvgIpc) is 4.23. The first-order chi connectivity index (χ1) is 35.3. The lowest BCUT2D eigenvalue weighted by Gasteiger charge is -2.19. The summed E-state index contributed by atoms with van der Waals surface area (Å²) in [7, 11) is 0. The van der Waals surface area contributed by atoms with Crippen LogP contribution in [0.2, 0.25) is 0 Å². The lowest BCUT2D eigenvalue weighted by molar-refractivity contribution is 1.14. The van der Waals surface area contributed by atoms with E-state index in [1.54, 1.807) is 0 Å². The second-order valence-electron chi connectivity index (χ2n) is 18.9. The fourth-order valence-corrected chi connectivity index (χ4v) is 12.4. The fourth-order valence-electron chi connectivity index (χ4n) is 12.4. The van der Waals surface area contributed by atoms with Crippen LogP contribution in [-0.4, -0.2) is 22.8 Å². The highest BCUT2D eigenvalue weighted by Gasteiger charge is 2.26. The van der Waals surface area contributed by atoms with Crippen molar-refractivity contribution in [2.24, 2.45) is 0 Å². The van der Waals surface area contributed by atoms with Crippen LogP contribution in [0.25, 0.3) is 138 Å². The van der Waals surface area contributed by atoms with E-state index in [-0.39, 0.29) is 0 Å². The molecule has 0 radical (unpaired) electrons. The summed E-state index contributed by atoms with van der Waals surface area (Å²) in [6.07, 6.45) is 0. The minimum atomic E-state index is 1.14. The average molecular weight is 904 g/mol. The van der Waals surface area contributed by atoms with Crippen LogP contribution >= 0.6 is 0 Å². The summed E-state index contributed by atoms with van der Waals surface area (Å²) in [6, 6.07) is 91.4. The molecule has 0 amide bonds. The Labute approximate surface area is 407 Å². The van der Waals surface area contributed by atoms with Crippen molar-refractivity contribution in [3.63, 3.8) is 0 Å². The van der Waals surface area contributed by atoms with Gasteiger partial charge in [-0.25, -0.2) is 0 Å². The van der Waals surface area contributed by atoms with Crippen molar-refractivity contribution < 1.29 is 0 Å². The van der Waals surface area contributed by atoms with Gasteiger partial charge in [0.25, 0.3) is 0 Å². The molecule has 5 nitrogen and oxygen atoms in total. The first-order valence-electron chi connectivity index (χ1n) is 24.4. The number of rotatable bonds is 6. The second-order valence-corrected chi connectivity index (χ2v) is 18.9. The van der Waals surface area contributed by atoms with Crippen LogP contribution < -0.4 is 0 Å². The molecule has 330 valence electrons. The number of aromatic nitrogens is 5. The van der Waals surface area contributed by atoms with Gasteiger partial charge < -0.3 is 22.8 Å². The van der Waals surface area contributed by atoms with E-state index in [1.165, 1.54) is 109 Å². The molecule has 0 aliphatic rings. The van der Waals surface area contributed by atoms with Gasteiger partial charge in [0.05, 0.1) is 66.5 Å². The molecule has 0 aliphatic carbocycles. The van der Waals surface area contributed by atoms with E-state index < -0.39 is 0 Å². The largest absolute Gasteiger partial charge is 0.309 e. The van der Waals surface area contributed by atoms with Gasteiger partial charge in [-0.1, -0.05) is 146 Å². The lowest BCUT2D eigenvalue weighted by Crippen LogP contribution is -2.02. The van der Waals surface area contributed by atoms with E-state index in [4.69, 9.17) is 0 Å². The molecule has 11 aromatic carbocycles. The molecule has 0 N–H and O–H groups in total. The van der Waals surface area contributed by atoms with Crippen LogP contribution in [0.4, 0.5) is 0 Å². The maximum atomic E-state index is 2.50. The van der Waals surface area contributed by atoms with E-state index in [0.29, 0.717) is 0 Å². The topological polar surface area (TPSA) is 24.6 Å². The van der Waals surface area contributed by atoms with Crippen LogP contribution in [0.3, 0.4) is 0 Å². The minimum absolute atomic E-state index is 1.14. The lowest BCUT2D eigenvalue weighted by atomic mass is 10.0. The number of hydrogen-bond acceptors (Lipinski definition) is 0. The Balaban J connectivity index is 0.885.